The predicted molar refractivity (Wildman–Crippen MR) is 71.4 cm³/mol. The third kappa shape index (κ3) is 3.22. The molecular formula is C12H13ClN2O3S. The monoisotopic (exact) mass is 300 g/mol. The number of sulfonamides is 1. The Balaban J connectivity index is 2.13. The molecule has 0 aromatic heterocycles. The van der Waals surface area contributed by atoms with Crippen LogP contribution in [0.2, 0.25) is 5.02 Å². The van der Waals surface area contributed by atoms with E-state index in [0.717, 1.165) is 0 Å². The summed E-state index contributed by atoms with van der Waals surface area (Å²) in [6.07, 6.45) is 2.61. The van der Waals surface area contributed by atoms with Gasteiger partial charge in [-0.05, 0) is 37.1 Å². The molecule has 19 heavy (non-hydrogen) atoms. The zero-order valence-corrected chi connectivity index (χ0v) is 11.7. The van der Waals surface area contributed by atoms with Crippen LogP contribution in [0.15, 0.2) is 34.2 Å². The van der Waals surface area contributed by atoms with E-state index in [2.05, 4.69) is 4.99 Å². The van der Waals surface area contributed by atoms with Gasteiger partial charge in [0.15, 0.2) is 0 Å². The SMILES string of the molecule is O=C=NC1CCN(S(=O)(=O)c2ccc(Cl)cc2)CC1. The van der Waals surface area contributed by atoms with E-state index in [4.69, 9.17) is 11.6 Å². The molecule has 7 heteroatoms. The lowest BCUT2D eigenvalue weighted by molar-refractivity contribution is 0.320. The molecule has 1 aliphatic heterocycles. The Hall–Kier alpha value is -1.20. The third-order valence-electron chi connectivity index (χ3n) is 3.11. The summed E-state index contributed by atoms with van der Waals surface area (Å²) in [5.74, 6) is 0. The molecule has 0 unspecified atom stereocenters. The molecule has 1 saturated heterocycles. The van der Waals surface area contributed by atoms with Crippen LogP contribution in [0.25, 0.3) is 0 Å². The van der Waals surface area contributed by atoms with Crippen LogP contribution in [-0.4, -0.2) is 37.9 Å². The van der Waals surface area contributed by atoms with E-state index < -0.39 is 10.0 Å². The van der Waals surface area contributed by atoms with Crippen molar-refractivity contribution in [3.05, 3.63) is 29.3 Å². The zero-order valence-electron chi connectivity index (χ0n) is 10.1. The zero-order chi connectivity index (χ0) is 13.9. The van der Waals surface area contributed by atoms with Crippen molar-refractivity contribution in [2.24, 2.45) is 4.99 Å². The van der Waals surface area contributed by atoms with E-state index in [0.29, 0.717) is 31.0 Å². The van der Waals surface area contributed by atoms with Gasteiger partial charge in [0, 0.05) is 18.1 Å². The molecule has 5 nitrogen and oxygen atoms in total. The number of hydrogen-bond acceptors (Lipinski definition) is 4. The molecule has 1 fully saturated rings. The topological polar surface area (TPSA) is 66.8 Å². The Kier molecular flexibility index (Phi) is 4.37. The summed E-state index contributed by atoms with van der Waals surface area (Å²) in [6.45, 7) is 0.724. The number of benzene rings is 1. The number of piperidine rings is 1. The fourth-order valence-corrected chi connectivity index (χ4v) is 3.64. The van der Waals surface area contributed by atoms with E-state index >= 15 is 0 Å². The van der Waals surface area contributed by atoms with E-state index in [-0.39, 0.29) is 10.9 Å². The average Bonchev–Trinajstić information content (AvgIpc) is 2.40. The first-order valence-corrected chi connectivity index (χ1v) is 7.68. The normalized spacial score (nSPS) is 17.9. The molecule has 1 aromatic rings. The van der Waals surface area contributed by atoms with Crippen LogP contribution in [-0.2, 0) is 14.8 Å². The highest BCUT2D eigenvalue weighted by Crippen LogP contribution is 2.22. The molecule has 0 N–H and O–H groups in total. The molecule has 1 aromatic carbocycles. The molecular weight excluding hydrogens is 288 g/mol. The maximum absolute atomic E-state index is 12.3. The minimum Gasteiger partial charge on any atom is -0.211 e. The van der Waals surface area contributed by atoms with Crippen molar-refractivity contribution in [1.29, 1.82) is 0 Å². The first kappa shape index (κ1) is 14.2. The number of rotatable bonds is 3. The number of halogens is 1. The van der Waals surface area contributed by atoms with Gasteiger partial charge in [0.2, 0.25) is 16.1 Å². The van der Waals surface area contributed by atoms with E-state index in [1.54, 1.807) is 12.1 Å². The van der Waals surface area contributed by atoms with Gasteiger partial charge in [-0.25, -0.2) is 18.2 Å². The number of hydrogen-bond donors (Lipinski definition) is 0. The minimum absolute atomic E-state index is 0.117. The van der Waals surface area contributed by atoms with E-state index in [9.17, 15) is 13.2 Å². The minimum atomic E-state index is -3.48. The molecule has 102 valence electrons. The summed E-state index contributed by atoms with van der Waals surface area (Å²) in [5, 5.41) is 0.498. The van der Waals surface area contributed by atoms with Gasteiger partial charge in [0.1, 0.15) is 0 Å². The van der Waals surface area contributed by atoms with Gasteiger partial charge < -0.3 is 0 Å². The number of isocyanates is 1. The maximum atomic E-state index is 12.3. The predicted octanol–water partition coefficient (Wildman–Crippen LogP) is 1.83. The molecule has 1 aliphatic rings. The summed E-state index contributed by atoms with van der Waals surface area (Å²) in [7, 11) is -3.48. The lowest BCUT2D eigenvalue weighted by atomic mass is 10.1. The summed E-state index contributed by atoms with van der Waals surface area (Å²) < 4.78 is 26.1. The van der Waals surface area contributed by atoms with Crippen molar-refractivity contribution < 1.29 is 13.2 Å². The summed E-state index contributed by atoms with van der Waals surface area (Å²) in [4.78, 5) is 14.0. The quantitative estimate of drug-likeness (QED) is 0.632. The number of nitrogens with zero attached hydrogens (tertiary/aromatic N) is 2. The fourth-order valence-electron chi connectivity index (χ4n) is 2.04. The molecule has 1 heterocycles. The Labute approximate surface area is 116 Å². The van der Waals surface area contributed by atoms with Gasteiger partial charge in [0.05, 0.1) is 10.9 Å². The van der Waals surface area contributed by atoms with Crippen molar-refractivity contribution in [3.8, 4) is 0 Å². The smallest absolute Gasteiger partial charge is 0.211 e. The first-order valence-electron chi connectivity index (χ1n) is 5.87. The van der Waals surface area contributed by atoms with E-state index in [1.807, 2.05) is 0 Å². The van der Waals surface area contributed by atoms with Crippen LogP contribution in [0.5, 0.6) is 0 Å². The van der Waals surface area contributed by atoms with Crippen molar-refractivity contribution >= 4 is 27.7 Å². The Bertz CT molecular complexity index is 586. The highest BCUT2D eigenvalue weighted by molar-refractivity contribution is 7.89. The van der Waals surface area contributed by atoms with Crippen molar-refractivity contribution in [1.82, 2.24) is 4.31 Å². The lowest BCUT2D eigenvalue weighted by Crippen LogP contribution is -2.39. The average molecular weight is 301 g/mol. The molecule has 0 amide bonds. The molecule has 2 rings (SSSR count). The molecule has 0 saturated carbocycles. The van der Waals surface area contributed by atoms with Gasteiger partial charge in [0.25, 0.3) is 0 Å². The lowest BCUT2D eigenvalue weighted by Gasteiger charge is -2.28. The van der Waals surface area contributed by atoms with Gasteiger partial charge in [-0.1, -0.05) is 11.6 Å². The first-order chi connectivity index (χ1) is 9.04. The summed E-state index contributed by atoms with van der Waals surface area (Å²) in [6, 6.07) is 5.98. The second-order valence-corrected chi connectivity index (χ2v) is 6.68. The van der Waals surface area contributed by atoms with Gasteiger partial charge >= 0.3 is 0 Å². The maximum Gasteiger partial charge on any atom is 0.243 e. The number of carbonyl (C=O) groups excluding carboxylic acids is 1. The van der Waals surface area contributed by atoms with Crippen LogP contribution in [0.4, 0.5) is 0 Å². The second kappa shape index (κ2) is 5.84. The van der Waals surface area contributed by atoms with E-state index in [1.165, 1.54) is 22.5 Å². The summed E-state index contributed by atoms with van der Waals surface area (Å²) >= 11 is 5.74. The Morgan fingerprint density at radius 1 is 1.21 bits per heavy atom. The number of aliphatic imine (C=N–C) groups is 1. The molecule has 0 spiro atoms. The van der Waals surface area contributed by atoms with Crippen molar-refractivity contribution in [2.45, 2.75) is 23.8 Å². The van der Waals surface area contributed by atoms with Crippen molar-refractivity contribution in [2.75, 3.05) is 13.1 Å². The van der Waals surface area contributed by atoms with Gasteiger partial charge in [-0.3, -0.25) is 0 Å². The standard InChI is InChI=1S/C12H13ClN2O3S/c13-10-1-3-12(4-2-10)19(17,18)15-7-5-11(6-8-15)14-9-16/h1-4,11H,5-8H2. The molecule has 0 bridgehead atoms. The van der Waals surface area contributed by atoms with Crippen LogP contribution in [0, 0.1) is 0 Å². The van der Waals surface area contributed by atoms with Crippen molar-refractivity contribution in [3.63, 3.8) is 0 Å². The van der Waals surface area contributed by atoms with Crippen LogP contribution in [0.3, 0.4) is 0 Å². The fraction of sp³-hybridized carbons (Fsp3) is 0.417. The highest BCUT2D eigenvalue weighted by atomic mass is 35.5. The Morgan fingerprint density at radius 3 is 2.32 bits per heavy atom. The second-order valence-electron chi connectivity index (χ2n) is 4.31. The van der Waals surface area contributed by atoms with Crippen LogP contribution < -0.4 is 0 Å². The highest BCUT2D eigenvalue weighted by Gasteiger charge is 2.29. The van der Waals surface area contributed by atoms with Crippen LogP contribution >= 0.6 is 11.6 Å². The van der Waals surface area contributed by atoms with Gasteiger partial charge in [-0.15, -0.1) is 0 Å². The molecule has 0 radical (unpaired) electrons. The third-order valence-corrected chi connectivity index (χ3v) is 5.27. The summed E-state index contributed by atoms with van der Waals surface area (Å²) in [5.41, 5.74) is 0. The van der Waals surface area contributed by atoms with Gasteiger partial charge in [-0.2, -0.15) is 4.31 Å². The molecule has 0 atom stereocenters. The molecule has 0 aliphatic carbocycles. The Morgan fingerprint density at radius 2 is 1.79 bits per heavy atom. The largest absolute Gasteiger partial charge is 0.243 e. The van der Waals surface area contributed by atoms with Crippen LogP contribution in [0.1, 0.15) is 12.8 Å².